The number of rotatable bonds is 2. The van der Waals surface area contributed by atoms with Gasteiger partial charge in [0.15, 0.2) is 0 Å². The van der Waals surface area contributed by atoms with E-state index in [1.807, 2.05) is 24.1 Å². The number of pyridine rings is 1. The number of nitrogens with one attached hydrogen (secondary N) is 1. The predicted octanol–water partition coefficient (Wildman–Crippen LogP) is 3.40. The van der Waals surface area contributed by atoms with Crippen molar-refractivity contribution in [3.63, 3.8) is 0 Å². The van der Waals surface area contributed by atoms with Crippen molar-refractivity contribution >= 4 is 29.1 Å². The summed E-state index contributed by atoms with van der Waals surface area (Å²) in [5.41, 5.74) is 1.90. The SMILES string of the molecule is Cc1ccc(N2CCN(C(=O)Nc3ccc(Cl)cc3)CC2)nc1. The highest BCUT2D eigenvalue weighted by atomic mass is 35.5. The van der Waals surface area contributed by atoms with E-state index in [4.69, 9.17) is 11.6 Å². The summed E-state index contributed by atoms with van der Waals surface area (Å²) in [5.74, 6) is 0.966. The fourth-order valence-corrected chi connectivity index (χ4v) is 2.65. The Morgan fingerprint density at radius 1 is 1.09 bits per heavy atom. The molecule has 0 atom stereocenters. The lowest BCUT2D eigenvalue weighted by Gasteiger charge is -2.35. The zero-order valence-electron chi connectivity index (χ0n) is 13.0. The average Bonchev–Trinajstić information content (AvgIpc) is 2.58. The number of piperazine rings is 1. The van der Waals surface area contributed by atoms with Gasteiger partial charge in [-0.3, -0.25) is 0 Å². The number of hydrogen-bond donors (Lipinski definition) is 1. The number of benzene rings is 1. The Balaban J connectivity index is 1.54. The highest BCUT2D eigenvalue weighted by Crippen LogP contribution is 2.16. The molecule has 1 aliphatic rings. The number of halogens is 1. The van der Waals surface area contributed by atoms with Crippen LogP contribution in [0.3, 0.4) is 0 Å². The Hall–Kier alpha value is -2.27. The molecule has 0 radical (unpaired) electrons. The van der Waals surface area contributed by atoms with E-state index in [-0.39, 0.29) is 6.03 Å². The molecule has 6 heteroatoms. The number of urea groups is 1. The zero-order chi connectivity index (χ0) is 16.2. The highest BCUT2D eigenvalue weighted by molar-refractivity contribution is 6.30. The second kappa shape index (κ2) is 6.87. The minimum atomic E-state index is -0.0798. The summed E-state index contributed by atoms with van der Waals surface area (Å²) in [6, 6.07) is 11.1. The molecule has 0 spiro atoms. The van der Waals surface area contributed by atoms with Gasteiger partial charge in [0.25, 0.3) is 0 Å². The third-order valence-corrected chi connectivity index (χ3v) is 4.13. The van der Waals surface area contributed by atoms with Crippen molar-refractivity contribution in [1.82, 2.24) is 9.88 Å². The van der Waals surface area contributed by atoms with Gasteiger partial charge in [-0.1, -0.05) is 17.7 Å². The number of carbonyl (C=O) groups excluding carboxylic acids is 1. The molecule has 3 rings (SSSR count). The molecule has 5 nitrogen and oxygen atoms in total. The van der Waals surface area contributed by atoms with Gasteiger partial charge in [0.2, 0.25) is 0 Å². The summed E-state index contributed by atoms with van der Waals surface area (Å²) in [7, 11) is 0. The number of amides is 2. The lowest BCUT2D eigenvalue weighted by Crippen LogP contribution is -2.50. The molecule has 1 N–H and O–H groups in total. The van der Waals surface area contributed by atoms with Gasteiger partial charge in [0, 0.05) is 43.1 Å². The lowest BCUT2D eigenvalue weighted by atomic mass is 10.2. The minimum Gasteiger partial charge on any atom is -0.353 e. The van der Waals surface area contributed by atoms with Crippen molar-refractivity contribution in [3.8, 4) is 0 Å². The molecule has 1 aromatic carbocycles. The maximum atomic E-state index is 12.3. The van der Waals surface area contributed by atoms with E-state index in [1.165, 1.54) is 0 Å². The monoisotopic (exact) mass is 330 g/mol. The van der Waals surface area contributed by atoms with Crippen LogP contribution < -0.4 is 10.2 Å². The first kappa shape index (κ1) is 15.6. The Morgan fingerprint density at radius 2 is 1.78 bits per heavy atom. The third kappa shape index (κ3) is 3.93. The van der Waals surface area contributed by atoms with E-state index < -0.39 is 0 Å². The van der Waals surface area contributed by atoms with Crippen molar-refractivity contribution in [1.29, 1.82) is 0 Å². The van der Waals surface area contributed by atoms with E-state index in [9.17, 15) is 4.79 Å². The van der Waals surface area contributed by atoms with Gasteiger partial charge in [0.05, 0.1) is 0 Å². The average molecular weight is 331 g/mol. The smallest absolute Gasteiger partial charge is 0.321 e. The van der Waals surface area contributed by atoms with Crippen molar-refractivity contribution < 1.29 is 4.79 Å². The molecule has 2 heterocycles. The first-order chi connectivity index (χ1) is 11.1. The van der Waals surface area contributed by atoms with Crippen LogP contribution in [-0.2, 0) is 0 Å². The molecule has 1 aromatic heterocycles. The van der Waals surface area contributed by atoms with Crippen LogP contribution in [0.25, 0.3) is 0 Å². The number of carbonyl (C=O) groups is 1. The fraction of sp³-hybridized carbons (Fsp3) is 0.294. The van der Waals surface area contributed by atoms with Crippen LogP contribution >= 0.6 is 11.6 Å². The topological polar surface area (TPSA) is 48.5 Å². The van der Waals surface area contributed by atoms with Crippen LogP contribution in [-0.4, -0.2) is 42.1 Å². The highest BCUT2D eigenvalue weighted by Gasteiger charge is 2.21. The normalized spacial score (nSPS) is 14.7. The van der Waals surface area contributed by atoms with Crippen molar-refractivity contribution in [2.24, 2.45) is 0 Å². The fourth-order valence-electron chi connectivity index (χ4n) is 2.52. The van der Waals surface area contributed by atoms with Crippen molar-refractivity contribution in [2.45, 2.75) is 6.92 Å². The quantitative estimate of drug-likeness (QED) is 0.918. The molecule has 1 saturated heterocycles. The number of nitrogens with zero attached hydrogens (tertiary/aromatic N) is 3. The van der Waals surface area contributed by atoms with Crippen LogP contribution in [0.15, 0.2) is 42.6 Å². The van der Waals surface area contributed by atoms with E-state index in [0.29, 0.717) is 18.1 Å². The molecule has 23 heavy (non-hydrogen) atoms. The van der Waals surface area contributed by atoms with Gasteiger partial charge in [-0.15, -0.1) is 0 Å². The Kier molecular flexibility index (Phi) is 4.67. The summed E-state index contributed by atoms with van der Waals surface area (Å²) in [6.45, 7) is 4.94. The summed E-state index contributed by atoms with van der Waals surface area (Å²) in [4.78, 5) is 20.7. The molecule has 0 bridgehead atoms. The van der Waals surface area contributed by atoms with Crippen molar-refractivity contribution in [2.75, 3.05) is 36.4 Å². The summed E-state index contributed by atoms with van der Waals surface area (Å²) in [5, 5.41) is 3.55. The molecule has 2 amide bonds. The second-order valence-electron chi connectivity index (χ2n) is 5.60. The van der Waals surface area contributed by atoms with Gasteiger partial charge >= 0.3 is 6.03 Å². The van der Waals surface area contributed by atoms with E-state index in [2.05, 4.69) is 21.3 Å². The van der Waals surface area contributed by atoms with E-state index >= 15 is 0 Å². The molecule has 1 aliphatic heterocycles. The summed E-state index contributed by atoms with van der Waals surface area (Å²) in [6.07, 6.45) is 1.87. The van der Waals surface area contributed by atoms with Crippen LogP contribution in [0, 0.1) is 6.92 Å². The molecular weight excluding hydrogens is 312 g/mol. The van der Waals surface area contributed by atoms with Gasteiger partial charge < -0.3 is 15.1 Å². The first-order valence-electron chi connectivity index (χ1n) is 7.61. The number of anilines is 2. The Morgan fingerprint density at radius 3 is 2.39 bits per heavy atom. The maximum Gasteiger partial charge on any atom is 0.321 e. The second-order valence-corrected chi connectivity index (χ2v) is 6.04. The van der Waals surface area contributed by atoms with E-state index in [0.717, 1.165) is 30.2 Å². The molecular formula is C17H19ClN4O. The number of hydrogen-bond acceptors (Lipinski definition) is 3. The van der Waals surface area contributed by atoms with Crippen LogP contribution in [0.1, 0.15) is 5.56 Å². The number of aryl methyl sites for hydroxylation is 1. The molecule has 0 saturated carbocycles. The summed E-state index contributed by atoms with van der Waals surface area (Å²) >= 11 is 5.85. The summed E-state index contributed by atoms with van der Waals surface area (Å²) < 4.78 is 0. The lowest BCUT2D eigenvalue weighted by molar-refractivity contribution is 0.208. The van der Waals surface area contributed by atoms with Crippen LogP contribution in [0.2, 0.25) is 5.02 Å². The van der Waals surface area contributed by atoms with Crippen molar-refractivity contribution in [3.05, 3.63) is 53.2 Å². The molecule has 1 fully saturated rings. The molecule has 0 aliphatic carbocycles. The minimum absolute atomic E-state index is 0.0798. The van der Waals surface area contributed by atoms with E-state index in [1.54, 1.807) is 24.3 Å². The Bertz CT molecular complexity index is 664. The van der Waals surface area contributed by atoms with Gasteiger partial charge in [-0.25, -0.2) is 9.78 Å². The largest absolute Gasteiger partial charge is 0.353 e. The maximum absolute atomic E-state index is 12.3. The van der Waals surface area contributed by atoms with Gasteiger partial charge in [-0.2, -0.15) is 0 Å². The molecule has 120 valence electrons. The first-order valence-corrected chi connectivity index (χ1v) is 7.99. The standard InChI is InChI=1S/C17H19ClN4O/c1-13-2-7-16(19-12-13)21-8-10-22(11-9-21)17(23)20-15-5-3-14(18)4-6-15/h2-7,12H,8-11H2,1H3,(H,20,23). The number of aromatic nitrogens is 1. The third-order valence-electron chi connectivity index (χ3n) is 3.88. The molecule has 2 aromatic rings. The molecule has 0 unspecified atom stereocenters. The van der Waals surface area contributed by atoms with Gasteiger partial charge in [0.1, 0.15) is 5.82 Å². The van der Waals surface area contributed by atoms with Crippen LogP contribution in [0.5, 0.6) is 0 Å². The van der Waals surface area contributed by atoms with Crippen LogP contribution in [0.4, 0.5) is 16.3 Å². The van der Waals surface area contributed by atoms with Gasteiger partial charge in [-0.05, 0) is 42.8 Å². The zero-order valence-corrected chi connectivity index (χ0v) is 13.8. The predicted molar refractivity (Wildman–Crippen MR) is 93.2 cm³/mol. The Labute approximate surface area is 140 Å².